The normalized spacial score (nSPS) is 14.7. The molecule has 0 aromatic carbocycles. The van der Waals surface area contributed by atoms with Crippen LogP contribution >= 0.6 is 0 Å². The van der Waals surface area contributed by atoms with Crippen molar-refractivity contribution in [2.45, 2.75) is 19.0 Å². The van der Waals surface area contributed by atoms with E-state index in [9.17, 15) is 19.2 Å². The average molecular weight is 281 g/mol. The molecule has 108 valence electrons. The lowest BCUT2D eigenvalue weighted by molar-refractivity contribution is -0.122. The van der Waals surface area contributed by atoms with Crippen LogP contribution < -0.4 is 22.3 Å². The minimum absolute atomic E-state index is 0.0951. The molecule has 0 saturated carbocycles. The van der Waals surface area contributed by atoms with Crippen molar-refractivity contribution in [1.29, 1.82) is 0 Å². The topological polar surface area (TPSA) is 130 Å². The molecule has 9 heteroatoms. The Hall–Kier alpha value is -2.58. The largest absolute Gasteiger partial charge is 0.351 e. The van der Waals surface area contributed by atoms with Gasteiger partial charge < -0.3 is 20.5 Å². The molecule has 20 heavy (non-hydrogen) atoms. The summed E-state index contributed by atoms with van der Waals surface area (Å²) in [4.78, 5) is 48.2. The molecule has 1 aliphatic heterocycles. The van der Waals surface area contributed by atoms with E-state index in [0.29, 0.717) is 13.1 Å². The van der Waals surface area contributed by atoms with Gasteiger partial charge >= 0.3 is 11.7 Å². The number of likely N-dealkylation sites (tertiary alicyclic amines) is 1. The van der Waals surface area contributed by atoms with E-state index >= 15 is 0 Å². The molecule has 1 fully saturated rings. The van der Waals surface area contributed by atoms with Crippen molar-refractivity contribution in [3.63, 3.8) is 0 Å². The summed E-state index contributed by atoms with van der Waals surface area (Å²) in [5.74, 6) is -0.225. The van der Waals surface area contributed by atoms with Crippen molar-refractivity contribution in [2.24, 2.45) is 5.73 Å². The van der Waals surface area contributed by atoms with Gasteiger partial charge in [-0.3, -0.25) is 14.6 Å². The average Bonchev–Trinajstić information content (AvgIpc) is 2.31. The van der Waals surface area contributed by atoms with Crippen LogP contribution in [0, 0.1) is 0 Å². The van der Waals surface area contributed by atoms with Crippen LogP contribution in [0.2, 0.25) is 0 Å². The number of aryl methyl sites for hydroxylation is 1. The predicted octanol–water partition coefficient (Wildman–Crippen LogP) is -2.19. The highest BCUT2D eigenvalue weighted by Crippen LogP contribution is 2.06. The van der Waals surface area contributed by atoms with E-state index in [-0.39, 0.29) is 24.9 Å². The first-order valence-electron chi connectivity index (χ1n) is 6.09. The van der Waals surface area contributed by atoms with Crippen LogP contribution in [0.25, 0.3) is 0 Å². The molecule has 0 unspecified atom stereocenters. The summed E-state index contributed by atoms with van der Waals surface area (Å²) in [5.41, 5.74) is 4.04. The van der Waals surface area contributed by atoms with Gasteiger partial charge in [-0.1, -0.05) is 0 Å². The maximum atomic E-state index is 11.6. The van der Waals surface area contributed by atoms with Gasteiger partial charge in [0.1, 0.15) is 0 Å². The zero-order valence-electron chi connectivity index (χ0n) is 10.7. The number of hydrogen-bond acceptors (Lipinski definition) is 4. The third kappa shape index (κ3) is 3.25. The smallest absolute Gasteiger partial charge is 0.328 e. The Morgan fingerprint density at radius 2 is 2.10 bits per heavy atom. The summed E-state index contributed by atoms with van der Waals surface area (Å²) in [6.45, 7) is 0.979. The molecule has 0 atom stereocenters. The molecular weight excluding hydrogens is 266 g/mol. The van der Waals surface area contributed by atoms with Gasteiger partial charge in [0.05, 0.1) is 6.04 Å². The van der Waals surface area contributed by atoms with Crippen LogP contribution in [0.1, 0.15) is 6.42 Å². The second-order valence-corrected chi connectivity index (χ2v) is 4.56. The fraction of sp³-hybridized carbons (Fsp3) is 0.455. The molecule has 0 spiro atoms. The summed E-state index contributed by atoms with van der Waals surface area (Å²) >= 11 is 0. The lowest BCUT2D eigenvalue weighted by Crippen LogP contribution is -2.62. The number of carbonyl (C=O) groups is 2. The molecule has 2 heterocycles. The Kier molecular flexibility index (Phi) is 3.87. The molecule has 1 aromatic heterocycles. The lowest BCUT2D eigenvalue weighted by atomic mass is 10.1. The molecule has 1 saturated heterocycles. The first-order valence-corrected chi connectivity index (χ1v) is 6.09. The van der Waals surface area contributed by atoms with E-state index in [4.69, 9.17) is 5.73 Å². The predicted molar refractivity (Wildman–Crippen MR) is 69.0 cm³/mol. The van der Waals surface area contributed by atoms with Crippen LogP contribution in [-0.4, -0.2) is 45.5 Å². The minimum Gasteiger partial charge on any atom is -0.351 e. The number of urea groups is 1. The van der Waals surface area contributed by atoms with Gasteiger partial charge in [0.25, 0.3) is 5.56 Å². The molecule has 0 radical (unpaired) electrons. The maximum Gasteiger partial charge on any atom is 0.328 e. The van der Waals surface area contributed by atoms with E-state index < -0.39 is 17.3 Å². The van der Waals surface area contributed by atoms with Crippen molar-refractivity contribution in [3.05, 3.63) is 33.1 Å². The Morgan fingerprint density at radius 3 is 2.70 bits per heavy atom. The highest BCUT2D eigenvalue weighted by molar-refractivity contribution is 5.77. The quantitative estimate of drug-likeness (QED) is 0.578. The fourth-order valence-corrected chi connectivity index (χ4v) is 1.89. The molecule has 1 aromatic rings. The molecule has 1 aliphatic rings. The summed E-state index contributed by atoms with van der Waals surface area (Å²) in [5, 5.41) is 2.73. The van der Waals surface area contributed by atoms with Gasteiger partial charge in [-0.05, 0) is 0 Å². The van der Waals surface area contributed by atoms with Gasteiger partial charge in [-0.15, -0.1) is 0 Å². The van der Waals surface area contributed by atoms with E-state index in [1.165, 1.54) is 21.7 Å². The van der Waals surface area contributed by atoms with E-state index in [1.807, 2.05) is 0 Å². The molecule has 2 rings (SSSR count). The SMILES string of the molecule is NC(=O)N1CC(NC(=O)CCn2ccc(=O)[nH]c2=O)C1. The highest BCUT2D eigenvalue weighted by atomic mass is 16.2. The number of H-pyrrole nitrogens is 1. The van der Waals surface area contributed by atoms with Crippen LogP contribution in [0.5, 0.6) is 0 Å². The number of hydrogen-bond donors (Lipinski definition) is 3. The lowest BCUT2D eigenvalue weighted by Gasteiger charge is -2.38. The number of nitrogens with zero attached hydrogens (tertiary/aromatic N) is 2. The number of aromatic nitrogens is 2. The van der Waals surface area contributed by atoms with E-state index in [0.717, 1.165) is 0 Å². The molecule has 9 nitrogen and oxygen atoms in total. The van der Waals surface area contributed by atoms with Gasteiger partial charge in [0, 0.05) is 38.3 Å². The molecule has 3 amide bonds. The number of amides is 3. The van der Waals surface area contributed by atoms with Gasteiger partial charge in [0.15, 0.2) is 0 Å². The Morgan fingerprint density at radius 1 is 1.40 bits per heavy atom. The second kappa shape index (κ2) is 5.59. The molecule has 0 bridgehead atoms. The monoisotopic (exact) mass is 281 g/mol. The first-order chi connectivity index (χ1) is 9.45. The highest BCUT2D eigenvalue weighted by Gasteiger charge is 2.29. The van der Waals surface area contributed by atoms with Gasteiger partial charge in [-0.25, -0.2) is 9.59 Å². The fourth-order valence-electron chi connectivity index (χ4n) is 1.89. The zero-order chi connectivity index (χ0) is 14.7. The number of rotatable bonds is 4. The van der Waals surface area contributed by atoms with Gasteiger partial charge in [0.2, 0.25) is 5.91 Å². The molecular formula is C11H15N5O4. The zero-order valence-corrected chi connectivity index (χ0v) is 10.7. The standard InChI is InChI=1S/C11H15N5O4/c12-10(19)16-5-7(6-16)13-8(17)1-3-15-4-2-9(18)14-11(15)20/h2,4,7H,1,3,5-6H2,(H2,12,19)(H,13,17)(H,14,18,20). The third-order valence-corrected chi connectivity index (χ3v) is 3.03. The number of carbonyl (C=O) groups excluding carboxylic acids is 2. The summed E-state index contributed by atoms with van der Waals surface area (Å²) < 4.78 is 1.25. The van der Waals surface area contributed by atoms with Crippen molar-refractivity contribution < 1.29 is 9.59 Å². The Bertz CT molecular complexity index is 628. The molecule has 0 aliphatic carbocycles. The number of nitrogens with two attached hydrogens (primary N) is 1. The van der Waals surface area contributed by atoms with Crippen molar-refractivity contribution in [2.75, 3.05) is 13.1 Å². The third-order valence-electron chi connectivity index (χ3n) is 3.03. The van der Waals surface area contributed by atoms with Crippen LogP contribution in [0.15, 0.2) is 21.9 Å². The van der Waals surface area contributed by atoms with Crippen molar-refractivity contribution in [1.82, 2.24) is 19.8 Å². The molecule has 4 N–H and O–H groups in total. The van der Waals surface area contributed by atoms with Crippen molar-refractivity contribution >= 4 is 11.9 Å². The first kappa shape index (κ1) is 13.8. The Balaban J connectivity index is 1.77. The minimum atomic E-state index is -0.547. The number of primary amides is 1. The van der Waals surface area contributed by atoms with Gasteiger partial charge in [-0.2, -0.15) is 0 Å². The van der Waals surface area contributed by atoms with E-state index in [2.05, 4.69) is 10.3 Å². The van der Waals surface area contributed by atoms with E-state index in [1.54, 1.807) is 0 Å². The van der Waals surface area contributed by atoms with Crippen LogP contribution in [0.3, 0.4) is 0 Å². The number of nitrogens with one attached hydrogen (secondary N) is 2. The maximum absolute atomic E-state index is 11.6. The Labute approximate surface area is 113 Å². The summed E-state index contributed by atoms with van der Waals surface area (Å²) in [7, 11) is 0. The summed E-state index contributed by atoms with van der Waals surface area (Å²) in [6.07, 6.45) is 1.45. The van der Waals surface area contributed by atoms with Crippen LogP contribution in [0.4, 0.5) is 4.79 Å². The second-order valence-electron chi connectivity index (χ2n) is 4.56. The van der Waals surface area contributed by atoms with Crippen LogP contribution in [-0.2, 0) is 11.3 Å². The summed E-state index contributed by atoms with van der Waals surface area (Å²) in [6, 6.07) is 0.619. The number of aromatic amines is 1. The van der Waals surface area contributed by atoms with Crippen molar-refractivity contribution in [3.8, 4) is 0 Å².